The number of likely N-dealkylation sites (N-methyl/N-ethyl adjacent to an activating group) is 1. The Kier molecular flexibility index (Phi) is 3.51. The fraction of sp³-hybridized carbons (Fsp3) is 0.462. The van der Waals surface area contributed by atoms with Crippen LogP contribution in [0.1, 0.15) is 18.7 Å². The SMILES string of the molecule is CCNC(=O)CN1CC(c2nc(-c3ccco3)no2)C1. The van der Waals surface area contributed by atoms with E-state index in [0.29, 0.717) is 30.6 Å². The monoisotopic (exact) mass is 276 g/mol. The Morgan fingerprint density at radius 3 is 3.10 bits per heavy atom. The van der Waals surface area contributed by atoms with Gasteiger partial charge in [-0.1, -0.05) is 5.16 Å². The normalized spacial score (nSPS) is 16.1. The Morgan fingerprint density at radius 2 is 2.40 bits per heavy atom. The van der Waals surface area contributed by atoms with E-state index < -0.39 is 0 Å². The third-order valence-corrected chi connectivity index (χ3v) is 3.23. The summed E-state index contributed by atoms with van der Waals surface area (Å²) in [5.74, 6) is 1.91. The van der Waals surface area contributed by atoms with Crippen molar-refractivity contribution >= 4 is 5.91 Å². The quantitative estimate of drug-likeness (QED) is 0.872. The molecular formula is C13H16N4O3. The largest absolute Gasteiger partial charge is 0.461 e. The van der Waals surface area contributed by atoms with Gasteiger partial charge in [-0.3, -0.25) is 9.69 Å². The van der Waals surface area contributed by atoms with Crippen molar-refractivity contribution in [2.45, 2.75) is 12.8 Å². The summed E-state index contributed by atoms with van der Waals surface area (Å²) < 4.78 is 10.5. The van der Waals surface area contributed by atoms with E-state index in [1.807, 2.05) is 11.8 Å². The molecule has 0 saturated carbocycles. The molecule has 20 heavy (non-hydrogen) atoms. The molecule has 7 heteroatoms. The second-order valence-corrected chi connectivity index (χ2v) is 4.78. The summed E-state index contributed by atoms with van der Waals surface area (Å²) in [7, 11) is 0. The number of aromatic nitrogens is 2. The molecule has 0 aliphatic carbocycles. The van der Waals surface area contributed by atoms with E-state index in [-0.39, 0.29) is 11.8 Å². The number of carbonyl (C=O) groups excluding carboxylic acids is 1. The zero-order valence-corrected chi connectivity index (χ0v) is 11.2. The van der Waals surface area contributed by atoms with Gasteiger partial charge in [0.05, 0.1) is 18.7 Å². The summed E-state index contributed by atoms with van der Waals surface area (Å²) in [6, 6.07) is 3.57. The van der Waals surface area contributed by atoms with Crippen molar-refractivity contribution in [3.8, 4) is 11.6 Å². The Bertz CT molecular complexity index is 572. The first-order valence-corrected chi connectivity index (χ1v) is 6.62. The van der Waals surface area contributed by atoms with Gasteiger partial charge in [-0.2, -0.15) is 4.98 Å². The highest BCUT2D eigenvalue weighted by Crippen LogP contribution is 2.27. The highest BCUT2D eigenvalue weighted by molar-refractivity contribution is 5.78. The molecule has 7 nitrogen and oxygen atoms in total. The van der Waals surface area contributed by atoms with Crippen LogP contribution in [-0.2, 0) is 4.79 Å². The summed E-state index contributed by atoms with van der Waals surface area (Å²) >= 11 is 0. The standard InChI is InChI=1S/C13H16N4O3/c1-2-14-11(18)8-17-6-9(7-17)13-15-12(16-20-13)10-4-3-5-19-10/h3-5,9H,2,6-8H2,1H3,(H,14,18). The minimum atomic E-state index is 0.0488. The molecule has 1 fully saturated rings. The molecular weight excluding hydrogens is 260 g/mol. The molecule has 0 spiro atoms. The smallest absolute Gasteiger partial charge is 0.238 e. The van der Waals surface area contributed by atoms with E-state index in [4.69, 9.17) is 8.94 Å². The average molecular weight is 276 g/mol. The molecule has 0 bridgehead atoms. The molecule has 1 aliphatic heterocycles. The third kappa shape index (κ3) is 2.57. The van der Waals surface area contributed by atoms with Gasteiger partial charge in [0.1, 0.15) is 0 Å². The van der Waals surface area contributed by atoms with Gasteiger partial charge in [0.2, 0.25) is 17.6 Å². The van der Waals surface area contributed by atoms with Crippen LogP contribution in [0.15, 0.2) is 27.3 Å². The molecule has 1 aliphatic rings. The predicted octanol–water partition coefficient (Wildman–Crippen LogP) is 0.865. The van der Waals surface area contributed by atoms with E-state index in [1.165, 1.54) is 0 Å². The van der Waals surface area contributed by atoms with Crippen LogP contribution in [-0.4, -0.2) is 47.1 Å². The number of hydrogen-bond donors (Lipinski definition) is 1. The molecule has 1 N–H and O–H groups in total. The van der Waals surface area contributed by atoms with Crippen molar-refractivity contribution in [3.63, 3.8) is 0 Å². The lowest BCUT2D eigenvalue weighted by Crippen LogP contribution is -2.49. The van der Waals surface area contributed by atoms with Crippen LogP contribution < -0.4 is 5.32 Å². The molecule has 2 aromatic rings. The van der Waals surface area contributed by atoms with Gasteiger partial charge >= 0.3 is 0 Å². The topological polar surface area (TPSA) is 84.4 Å². The molecule has 0 radical (unpaired) electrons. The fourth-order valence-electron chi connectivity index (χ4n) is 2.22. The van der Waals surface area contributed by atoms with E-state index in [1.54, 1.807) is 18.4 Å². The Labute approximate surface area is 115 Å². The lowest BCUT2D eigenvalue weighted by molar-refractivity contribution is -0.123. The molecule has 106 valence electrons. The van der Waals surface area contributed by atoms with Gasteiger partial charge in [-0.15, -0.1) is 0 Å². The summed E-state index contributed by atoms with van der Waals surface area (Å²) in [4.78, 5) is 17.8. The van der Waals surface area contributed by atoms with Crippen molar-refractivity contribution in [2.75, 3.05) is 26.2 Å². The average Bonchev–Trinajstić information content (AvgIpc) is 3.03. The fourth-order valence-corrected chi connectivity index (χ4v) is 2.22. The van der Waals surface area contributed by atoms with Crippen LogP contribution in [0.25, 0.3) is 11.6 Å². The van der Waals surface area contributed by atoms with Crippen LogP contribution in [0, 0.1) is 0 Å². The van der Waals surface area contributed by atoms with Crippen molar-refractivity contribution in [1.82, 2.24) is 20.4 Å². The van der Waals surface area contributed by atoms with Crippen molar-refractivity contribution in [3.05, 3.63) is 24.3 Å². The van der Waals surface area contributed by atoms with Crippen LogP contribution in [0.5, 0.6) is 0 Å². The molecule has 1 saturated heterocycles. The zero-order chi connectivity index (χ0) is 13.9. The maximum atomic E-state index is 11.4. The van der Waals surface area contributed by atoms with Crippen LogP contribution in [0.2, 0.25) is 0 Å². The summed E-state index contributed by atoms with van der Waals surface area (Å²) in [6.45, 7) is 4.51. The number of furan rings is 1. The number of carbonyl (C=O) groups is 1. The van der Waals surface area contributed by atoms with E-state index in [9.17, 15) is 4.79 Å². The van der Waals surface area contributed by atoms with Crippen LogP contribution in [0.3, 0.4) is 0 Å². The maximum Gasteiger partial charge on any atom is 0.238 e. The van der Waals surface area contributed by atoms with Gasteiger partial charge < -0.3 is 14.3 Å². The van der Waals surface area contributed by atoms with Crippen LogP contribution >= 0.6 is 0 Å². The van der Waals surface area contributed by atoms with Gasteiger partial charge in [0, 0.05) is 19.6 Å². The molecule has 0 atom stereocenters. The Balaban J connectivity index is 1.54. The lowest BCUT2D eigenvalue weighted by Gasteiger charge is -2.36. The third-order valence-electron chi connectivity index (χ3n) is 3.23. The lowest BCUT2D eigenvalue weighted by atomic mass is 10.0. The molecule has 3 heterocycles. The number of rotatable bonds is 5. The van der Waals surface area contributed by atoms with Gasteiger partial charge in [0.25, 0.3) is 0 Å². The molecule has 2 aromatic heterocycles. The zero-order valence-electron chi connectivity index (χ0n) is 11.2. The first-order valence-electron chi connectivity index (χ1n) is 6.62. The number of nitrogens with zero attached hydrogens (tertiary/aromatic N) is 3. The maximum absolute atomic E-state index is 11.4. The van der Waals surface area contributed by atoms with Gasteiger partial charge in [-0.05, 0) is 19.1 Å². The Hall–Kier alpha value is -2.15. The van der Waals surface area contributed by atoms with Crippen molar-refractivity contribution < 1.29 is 13.7 Å². The van der Waals surface area contributed by atoms with Crippen molar-refractivity contribution in [2.24, 2.45) is 0 Å². The first-order chi connectivity index (χ1) is 9.76. The highest BCUT2D eigenvalue weighted by atomic mass is 16.5. The minimum absolute atomic E-state index is 0.0488. The van der Waals surface area contributed by atoms with E-state index >= 15 is 0 Å². The molecule has 1 amide bonds. The summed E-state index contributed by atoms with van der Waals surface area (Å²) in [5.41, 5.74) is 0. The van der Waals surface area contributed by atoms with E-state index in [0.717, 1.165) is 13.1 Å². The van der Waals surface area contributed by atoms with Gasteiger partial charge in [-0.25, -0.2) is 0 Å². The van der Waals surface area contributed by atoms with E-state index in [2.05, 4.69) is 15.5 Å². The first kappa shape index (κ1) is 12.9. The second kappa shape index (κ2) is 5.46. The summed E-state index contributed by atoms with van der Waals surface area (Å²) in [5, 5.41) is 6.68. The number of hydrogen-bond acceptors (Lipinski definition) is 6. The number of amides is 1. The van der Waals surface area contributed by atoms with Gasteiger partial charge in [0.15, 0.2) is 5.76 Å². The Morgan fingerprint density at radius 1 is 1.55 bits per heavy atom. The number of nitrogens with one attached hydrogen (secondary N) is 1. The molecule has 0 aromatic carbocycles. The minimum Gasteiger partial charge on any atom is -0.461 e. The molecule has 0 unspecified atom stereocenters. The number of likely N-dealkylation sites (tertiary alicyclic amines) is 1. The second-order valence-electron chi connectivity index (χ2n) is 4.78. The predicted molar refractivity (Wildman–Crippen MR) is 69.9 cm³/mol. The highest BCUT2D eigenvalue weighted by Gasteiger charge is 2.33. The van der Waals surface area contributed by atoms with Crippen LogP contribution in [0.4, 0.5) is 0 Å². The van der Waals surface area contributed by atoms with Crippen molar-refractivity contribution in [1.29, 1.82) is 0 Å². The summed E-state index contributed by atoms with van der Waals surface area (Å²) in [6.07, 6.45) is 1.57. The molecule has 3 rings (SSSR count).